The number of nitrogen functional groups attached to an aromatic ring is 1. The number of hydrogen-bond acceptors (Lipinski definition) is 4. The molecule has 0 radical (unpaired) electrons. The standard InChI is InChI=1S/C11H14BrFN2O2S/c12-8-3-11(10(14)4-9(8)13)15-5-7-1-2-18(16,17)6-7/h3-4,7,15H,1-2,5-6,14H2. The second-order valence-electron chi connectivity index (χ2n) is 4.50. The van der Waals surface area contributed by atoms with Gasteiger partial charge in [0, 0.05) is 12.6 Å². The Hall–Kier alpha value is -0.820. The quantitative estimate of drug-likeness (QED) is 0.828. The van der Waals surface area contributed by atoms with Crippen molar-refractivity contribution < 1.29 is 12.8 Å². The topological polar surface area (TPSA) is 72.2 Å². The van der Waals surface area contributed by atoms with Crippen molar-refractivity contribution in [3.63, 3.8) is 0 Å². The van der Waals surface area contributed by atoms with Crippen molar-refractivity contribution in [1.29, 1.82) is 0 Å². The molecule has 1 aliphatic rings. The monoisotopic (exact) mass is 336 g/mol. The molecule has 0 saturated carbocycles. The second-order valence-corrected chi connectivity index (χ2v) is 7.59. The van der Waals surface area contributed by atoms with E-state index in [2.05, 4.69) is 21.2 Å². The van der Waals surface area contributed by atoms with Crippen molar-refractivity contribution in [3.8, 4) is 0 Å². The Bertz CT molecular complexity index is 562. The van der Waals surface area contributed by atoms with E-state index in [9.17, 15) is 12.8 Å². The van der Waals surface area contributed by atoms with Crippen LogP contribution in [0, 0.1) is 11.7 Å². The van der Waals surface area contributed by atoms with Gasteiger partial charge < -0.3 is 11.1 Å². The van der Waals surface area contributed by atoms with Gasteiger partial charge in [-0.25, -0.2) is 12.8 Å². The summed E-state index contributed by atoms with van der Waals surface area (Å²) in [4.78, 5) is 0. The van der Waals surface area contributed by atoms with Gasteiger partial charge in [0.2, 0.25) is 0 Å². The minimum absolute atomic E-state index is 0.0956. The number of sulfone groups is 1. The van der Waals surface area contributed by atoms with Crippen molar-refractivity contribution in [2.24, 2.45) is 5.92 Å². The van der Waals surface area contributed by atoms with Gasteiger partial charge in [-0.3, -0.25) is 0 Å². The van der Waals surface area contributed by atoms with E-state index >= 15 is 0 Å². The van der Waals surface area contributed by atoms with Crippen molar-refractivity contribution in [2.45, 2.75) is 6.42 Å². The van der Waals surface area contributed by atoms with E-state index in [1.807, 2.05) is 0 Å². The molecule has 100 valence electrons. The van der Waals surface area contributed by atoms with E-state index in [1.54, 1.807) is 6.07 Å². The van der Waals surface area contributed by atoms with Gasteiger partial charge in [-0.1, -0.05) is 0 Å². The number of nitrogens with one attached hydrogen (secondary N) is 1. The highest BCUT2D eigenvalue weighted by Crippen LogP contribution is 2.27. The molecule has 0 bridgehead atoms. The molecule has 1 atom stereocenters. The van der Waals surface area contributed by atoms with Crippen LogP contribution in [0.2, 0.25) is 0 Å². The number of benzene rings is 1. The summed E-state index contributed by atoms with van der Waals surface area (Å²) in [6.07, 6.45) is 0.664. The zero-order valence-corrected chi connectivity index (χ0v) is 12.0. The Balaban J connectivity index is 2.01. The van der Waals surface area contributed by atoms with E-state index in [-0.39, 0.29) is 17.4 Å². The number of halogens is 2. The lowest BCUT2D eigenvalue weighted by atomic mass is 10.1. The first-order valence-electron chi connectivity index (χ1n) is 5.56. The molecule has 1 unspecified atom stereocenters. The van der Waals surface area contributed by atoms with Crippen LogP contribution in [-0.4, -0.2) is 26.5 Å². The molecule has 1 fully saturated rings. The predicted molar refractivity (Wildman–Crippen MR) is 73.8 cm³/mol. The SMILES string of the molecule is Nc1cc(F)c(Br)cc1NCC1CCS(=O)(=O)C1. The van der Waals surface area contributed by atoms with Crippen LogP contribution in [0.4, 0.5) is 15.8 Å². The fourth-order valence-corrected chi connectivity index (χ4v) is 4.21. The maximum Gasteiger partial charge on any atom is 0.150 e. The summed E-state index contributed by atoms with van der Waals surface area (Å²) in [6.45, 7) is 0.529. The molecule has 0 amide bonds. The normalized spacial score (nSPS) is 22.0. The first-order valence-corrected chi connectivity index (χ1v) is 8.17. The van der Waals surface area contributed by atoms with Crippen LogP contribution in [0.15, 0.2) is 16.6 Å². The van der Waals surface area contributed by atoms with Crippen molar-refractivity contribution in [2.75, 3.05) is 29.1 Å². The highest BCUT2D eigenvalue weighted by atomic mass is 79.9. The van der Waals surface area contributed by atoms with Crippen LogP contribution in [0.1, 0.15) is 6.42 Å². The summed E-state index contributed by atoms with van der Waals surface area (Å²) < 4.78 is 36.1. The van der Waals surface area contributed by atoms with Crippen LogP contribution in [0.3, 0.4) is 0 Å². The molecule has 3 N–H and O–H groups in total. The van der Waals surface area contributed by atoms with Gasteiger partial charge in [0.15, 0.2) is 9.84 Å². The van der Waals surface area contributed by atoms with Crippen LogP contribution < -0.4 is 11.1 Å². The summed E-state index contributed by atoms with van der Waals surface area (Å²) in [5.74, 6) is 0.143. The predicted octanol–water partition coefficient (Wildman–Crippen LogP) is 2.02. The van der Waals surface area contributed by atoms with Crippen LogP contribution in [0.5, 0.6) is 0 Å². The third kappa shape index (κ3) is 3.14. The summed E-state index contributed by atoms with van der Waals surface area (Å²) >= 11 is 3.09. The van der Waals surface area contributed by atoms with Gasteiger partial charge in [0.25, 0.3) is 0 Å². The van der Waals surface area contributed by atoms with Gasteiger partial charge >= 0.3 is 0 Å². The van der Waals surface area contributed by atoms with Gasteiger partial charge in [0.1, 0.15) is 5.82 Å². The molecule has 0 spiro atoms. The third-order valence-electron chi connectivity index (χ3n) is 3.00. The van der Waals surface area contributed by atoms with E-state index < -0.39 is 15.7 Å². The Morgan fingerprint density at radius 2 is 2.22 bits per heavy atom. The Labute approximate surface area is 114 Å². The molecule has 1 heterocycles. The molecule has 4 nitrogen and oxygen atoms in total. The van der Waals surface area contributed by atoms with Gasteiger partial charge in [-0.2, -0.15) is 0 Å². The number of hydrogen-bond donors (Lipinski definition) is 2. The van der Waals surface area contributed by atoms with Gasteiger partial charge in [-0.05, 0) is 34.3 Å². The molecule has 1 aromatic carbocycles. The zero-order valence-electron chi connectivity index (χ0n) is 9.62. The van der Waals surface area contributed by atoms with Crippen molar-refractivity contribution in [1.82, 2.24) is 0 Å². The minimum Gasteiger partial charge on any atom is -0.397 e. The maximum absolute atomic E-state index is 13.2. The molecule has 18 heavy (non-hydrogen) atoms. The van der Waals surface area contributed by atoms with Crippen LogP contribution in [0.25, 0.3) is 0 Å². The fourth-order valence-electron chi connectivity index (χ4n) is 2.00. The summed E-state index contributed by atoms with van der Waals surface area (Å²) in [5, 5.41) is 3.07. The van der Waals surface area contributed by atoms with Crippen LogP contribution >= 0.6 is 15.9 Å². The molecular weight excluding hydrogens is 323 g/mol. The van der Waals surface area contributed by atoms with E-state index in [0.29, 0.717) is 28.8 Å². The summed E-state index contributed by atoms with van der Waals surface area (Å²) in [6, 6.07) is 2.80. The molecule has 0 aliphatic carbocycles. The fraction of sp³-hybridized carbons (Fsp3) is 0.455. The van der Waals surface area contributed by atoms with E-state index in [1.165, 1.54) is 6.07 Å². The average Bonchev–Trinajstić information content (AvgIpc) is 2.62. The first kappa shape index (κ1) is 13.6. The Morgan fingerprint density at radius 1 is 1.50 bits per heavy atom. The summed E-state index contributed by atoms with van der Waals surface area (Å²) in [5.41, 5.74) is 6.62. The van der Waals surface area contributed by atoms with Crippen molar-refractivity contribution in [3.05, 3.63) is 22.4 Å². The third-order valence-corrected chi connectivity index (χ3v) is 5.45. The van der Waals surface area contributed by atoms with E-state index in [0.717, 1.165) is 0 Å². The number of rotatable bonds is 3. The molecule has 1 aromatic rings. The highest BCUT2D eigenvalue weighted by molar-refractivity contribution is 9.10. The molecule has 0 aromatic heterocycles. The van der Waals surface area contributed by atoms with Gasteiger partial charge in [-0.15, -0.1) is 0 Å². The molecular formula is C11H14BrFN2O2S. The lowest BCUT2D eigenvalue weighted by Gasteiger charge is -2.13. The van der Waals surface area contributed by atoms with Gasteiger partial charge in [0.05, 0.1) is 27.4 Å². The molecule has 1 aliphatic heterocycles. The minimum atomic E-state index is -2.87. The average molecular weight is 337 g/mol. The Morgan fingerprint density at radius 3 is 2.83 bits per heavy atom. The lowest BCUT2D eigenvalue weighted by Crippen LogP contribution is -2.16. The van der Waals surface area contributed by atoms with Crippen LogP contribution in [-0.2, 0) is 9.84 Å². The highest BCUT2D eigenvalue weighted by Gasteiger charge is 2.27. The smallest absolute Gasteiger partial charge is 0.150 e. The number of nitrogens with two attached hydrogens (primary N) is 1. The van der Waals surface area contributed by atoms with Crippen molar-refractivity contribution >= 4 is 37.1 Å². The first-order chi connectivity index (χ1) is 8.37. The molecule has 7 heteroatoms. The Kier molecular flexibility index (Phi) is 3.82. The molecule has 2 rings (SSSR count). The molecule has 1 saturated heterocycles. The maximum atomic E-state index is 13.2. The van der Waals surface area contributed by atoms with E-state index in [4.69, 9.17) is 5.73 Å². The number of anilines is 2. The largest absolute Gasteiger partial charge is 0.397 e. The second kappa shape index (κ2) is 5.05. The summed E-state index contributed by atoms with van der Waals surface area (Å²) in [7, 11) is -2.87. The lowest BCUT2D eigenvalue weighted by molar-refractivity contribution is 0.596. The zero-order chi connectivity index (χ0) is 13.3.